The molecule has 21 heavy (non-hydrogen) atoms. The summed E-state index contributed by atoms with van der Waals surface area (Å²) >= 11 is 0. The number of hydrogen-bond acceptors (Lipinski definition) is 0. The van der Waals surface area contributed by atoms with Crippen molar-refractivity contribution in [3.63, 3.8) is 0 Å². The molecule has 4 unspecified atom stereocenters. The first-order valence-corrected chi connectivity index (χ1v) is 8.30. The summed E-state index contributed by atoms with van der Waals surface area (Å²) in [6, 6.07) is 0. The van der Waals surface area contributed by atoms with Crippen LogP contribution in [0, 0.1) is 23.7 Å². The van der Waals surface area contributed by atoms with Crippen LogP contribution in [0.25, 0.3) is 0 Å². The SMILES string of the molecule is CC1CC(C)C(CCCCC2=CCC(C(F)(F)F)C=C2)C1. The van der Waals surface area contributed by atoms with E-state index in [9.17, 15) is 13.2 Å². The third-order valence-corrected chi connectivity index (χ3v) is 5.17. The molecule has 0 aliphatic heterocycles. The van der Waals surface area contributed by atoms with Crippen molar-refractivity contribution in [2.24, 2.45) is 23.7 Å². The quantitative estimate of drug-likeness (QED) is 0.523. The molecule has 2 rings (SSSR count). The maximum atomic E-state index is 12.5. The Labute approximate surface area is 126 Å². The van der Waals surface area contributed by atoms with Crippen LogP contribution in [0.4, 0.5) is 13.2 Å². The maximum absolute atomic E-state index is 12.5. The van der Waals surface area contributed by atoms with Crippen LogP contribution < -0.4 is 0 Å². The number of hydrogen-bond donors (Lipinski definition) is 0. The zero-order chi connectivity index (χ0) is 15.5. The summed E-state index contributed by atoms with van der Waals surface area (Å²) < 4.78 is 37.6. The van der Waals surface area contributed by atoms with E-state index >= 15 is 0 Å². The van der Waals surface area contributed by atoms with E-state index in [0.717, 1.165) is 36.2 Å². The number of rotatable bonds is 5. The van der Waals surface area contributed by atoms with E-state index in [1.165, 1.54) is 31.8 Å². The highest BCUT2D eigenvalue weighted by Gasteiger charge is 2.37. The van der Waals surface area contributed by atoms with Crippen molar-refractivity contribution < 1.29 is 13.2 Å². The van der Waals surface area contributed by atoms with Crippen LogP contribution >= 0.6 is 0 Å². The van der Waals surface area contributed by atoms with E-state index in [1.54, 1.807) is 12.2 Å². The fourth-order valence-corrected chi connectivity index (χ4v) is 3.90. The Hall–Kier alpha value is -0.730. The molecular weight excluding hydrogens is 273 g/mol. The lowest BCUT2D eigenvalue weighted by Crippen LogP contribution is -2.21. The molecule has 0 spiro atoms. The summed E-state index contributed by atoms with van der Waals surface area (Å²) in [5, 5.41) is 0. The number of alkyl halides is 3. The molecule has 1 saturated carbocycles. The van der Waals surface area contributed by atoms with Gasteiger partial charge in [-0.05, 0) is 49.9 Å². The number of halogens is 3. The van der Waals surface area contributed by atoms with Crippen molar-refractivity contribution >= 4 is 0 Å². The number of unbranched alkanes of at least 4 members (excludes halogenated alkanes) is 1. The van der Waals surface area contributed by atoms with Crippen molar-refractivity contribution in [2.75, 3.05) is 0 Å². The largest absolute Gasteiger partial charge is 0.395 e. The zero-order valence-electron chi connectivity index (χ0n) is 13.1. The average Bonchev–Trinajstić information content (AvgIpc) is 2.73. The maximum Gasteiger partial charge on any atom is 0.395 e. The van der Waals surface area contributed by atoms with Crippen LogP contribution in [0.3, 0.4) is 0 Å². The van der Waals surface area contributed by atoms with E-state index in [2.05, 4.69) is 13.8 Å². The fourth-order valence-electron chi connectivity index (χ4n) is 3.90. The Balaban J connectivity index is 1.64. The zero-order valence-corrected chi connectivity index (χ0v) is 13.1. The highest BCUT2D eigenvalue weighted by Crippen LogP contribution is 2.39. The molecule has 0 radical (unpaired) electrons. The van der Waals surface area contributed by atoms with Crippen molar-refractivity contribution in [3.05, 3.63) is 23.8 Å². The minimum atomic E-state index is -4.09. The minimum absolute atomic E-state index is 0.118. The Kier molecular flexibility index (Phi) is 5.56. The molecule has 0 aromatic heterocycles. The highest BCUT2D eigenvalue weighted by atomic mass is 19.4. The van der Waals surface area contributed by atoms with E-state index in [-0.39, 0.29) is 6.42 Å². The van der Waals surface area contributed by atoms with Gasteiger partial charge in [0.1, 0.15) is 0 Å². The van der Waals surface area contributed by atoms with Crippen molar-refractivity contribution in [1.29, 1.82) is 0 Å². The summed E-state index contributed by atoms with van der Waals surface area (Å²) in [6.45, 7) is 4.70. The fraction of sp³-hybridized carbons (Fsp3) is 0.778. The first-order chi connectivity index (χ1) is 9.86. The third kappa shape index (κ3) is 4.89. The lowest BCUT2D eigenvalue weighted by molar-refractivity contribution is -0.160. The van der Waals surface area contributed by atoms with Gasteiger partial charge in [-0.25, -0.2) is 0 Å². The first-order valence-electron chi connectivity index (χ1n) is 8.30. The van der Waals surface area contributed by atoms with Crippen LogP contribution in [0.5, 0.6) is 0 Å². The van der Waals surface area contributed by atoms with Gasteiger partial charge in [0.15, 0.2) is 0 Å². The summed E-state index contributed by atoms with van der Waals surface area (Å²) in [4.78, 5) is 0. The summed E-state index contributed by atoms with van der Waals surface area (Å²) in [6.07, 6.45) is 8.05. The van der Waals surface area contributed by atoms with Gasteiger partial charge in [0, 0.05) is 0 Å². The van der Waals surface area contributed by atoms with Gasteiger partial charge < -0.3 is 0 Å². The van der Waals surface area contributed by atoms with Gasteiger partial charge in [-0.3, -0.25) is 0 Å². The Bertz CT molecular complexity index is 392. The van der Waals surface area contributed by atoms with Gasteiger partial charge in [-0.15, -0.1) is 0 Å². The van der Waals surface area contributed by atoms with Crippen LogP contribution in [-0.4, -0.2) is 6.18 Å². The van der Waals surface area contributed by atoms with Crippen LogP contribution in [-0.2, 0) is 0 Å². The number of allylic oxidation sites excluding steroid dienone is 4. The summed E-state index contributed by atoms with van der Waals surface area (Å²) in [5.41, 5.74) is 1.09. The molecule has 0 heterocycles. The van der Waals surface area contributed by atoms with Gasteiger partial charge in [-0.2, -0.15) is 13.2 Å². The topological polar surface area (TPSA) is 0 Å². The predicted octanol–water partition coefficient (Wildman–Crippen LogP) is 6.29. The predicted molar refractivity (Wildman–Crippen MR) is 80.9 cm³/mol. The van der Waals surface area contributed by atoms with Gasteiger partial charge in [0.2, 0.25) is 0 Å². The summed E-state index contributed by atoms with van der Waals surface area (Å²) in [5.74, 6) is 1.31. The van der Waals surface area contributed by atoms with E-state index in [1.807, 2.05) is 0 Å². The average molecular weight is 300 g/mol. The molecule has 0 nitrogen and oxygen atoms in total. The second-order valence-corrected chi connectivity index (χ2v) is 7.08. The molecule has 0 bridgehead atoms. The molecule has 2 aliphatic carbocycles. The van der Waals surface area contributed by atoms with Gasteiger partial charge in [0.05, 0.1) is 5.92 Å². The van der Waals surface area contributed by atoms with Crippen molar-refractivity contribution in [2.45, 2.75) is 65.0 Å². The van der Waals surface area contributed by atoms with E-state index in [0.29, 0.717) is 0 Å². The van der Waals surface area contributed by atoms with E-state index < -0.39 is 12.1 Å². The van der Waals surface area contributed by atoms with Gasteiger partial charge in [0.25, 0.3) is 0 Å². The summed E-state index contributed by atoms with van der Waals surface area (Å²) in [7, 11) is 0. The Morgan fingerprint density at radius 2 is 1.90 bits per heavy atom. The van der Waals surface area contributed by atoms with Gasteiger partial charge in [-0.1, -0.05) is 50.5 Å². The molecule has 3 heteroatoms. The molecule has 0 amide bonds. The first kappa shape index (κ1) is 16.6. The molecule has 0 aromatic rings. The monoisotopic (exact) mass is 300 g/mol. The van der Waals surface area contributed by atoms with Crippen LogP contribution in [0.2, 0.25) is 0 Å². The lowest BCUT2D eigenvalue weighted by Gasteiger charge is -2.19. The molecule has 4 atom stereocenters. The van der Waals surface area contributed by atoms with Crippen LogP contribution in [0.15, 0.2) is 23.8 Å². The molecular formula is C18H27F3. The molecule has 0 N–H and O–H groups in total. The van der Waals surface area contributed by atoms with Gasteiger partial charge >= 0.3 is 6.18 Å². The van der Waals surface area contributed by atoms with Crippen molar-refractivity contribution in [3.8, 4) is 0 Å². The minimum Gasteiger partial charge on any atom is -0.170 e. The molecule has 2 aliphatic rings. The molecule has 120 valence electrons. The molecule has 0 aromatic carbocycles. The lowest BCUT2D eigenvalue weighted by atomic mass is 9.90. The van der Waals surface area contributed by atoms with E-state index in [4.69, 9.17) is 0 Å². The third-order valence-electron chi connectivity index (χ3n) is 5.17. The van der Waals surface area contributed by atoms with Crippen LogP contribution in [0.1, 0.15) is 58.8 Å². The second kappa shape index (κ2) is 7.02. The molecule has 1 fully saturated rings. The standard InChI is InChI=1S/C18H27F3/c1-13-11-14(2)16(12-13)6-4-3-5-15-7-9-17(10-8-15)18(19,20)21/h7-9,13-14,16-17H,3-6,10-12H2,1-2H3. The second-order valence-electron chi connectivity index (χ2n) is 7.08. The Morgan fingerprint density at radius 3 is 2.43 bits per heavy atom. The smallest absolute Gasteiger partial charge is 0.170 e. The molecule has 0 saturated heterocycles. The normalized spacial score (nSPS) is 33.3. The van der Waals surface area contributed by atoms with Crippen molar-refractivity contribution in [1.82, 2.24) is 0 Å². The Morgan fingerprint density at radius 1 is 1.14 bits per heavy atom. The highest BCUT2D eigenvalue weighted by molar-refractivity contribution is 5.24.